The molecule has 164 valence electrons. The van der Waals surface area contributed by atoms with Crippen LogP contribution in [0.15, 0.2) is 69.8 Å². The Morgan fingerprint density at radius 2 is 1.88 bits per heavy atom. The fourth-order valence-corrected chi connectivity index (χ4v) is 3.96. The molecular formula is C24H23FN4O2S. The lowest BCUT2D eigenvalue weighted by atomic mass is 10.1. The fraction of sp³-hybridized carbons (Fsp3) is 0.250. The van der Waals surface area contributed by atoms with Crippen molar-refractivity contribution in [2.45, 2.75) is 32.4 Å². The maximum atomic E-state index is 13.4. The van der Waals surface area contributed by atoms with Crippen LogP contribution in [0.5, 0.6) is 0 Å². The van der Waals surface area contributed by atoms with Crippen molar-refractivity contribution in [2.24, 2.45) is 10.9 Å². The summed E-state index contributed by atoms with van der Waals surface area (Å²) in [5.41, 5.74) is 1.73. The highest BCUT2D eigenvalue weighted by atomic mass is 32.2. The molecule has 0 saturated heterocycles. The van der Waals surface area contributed by atoms with Gasteiger partial charge < -0.3 is 4.52 Å². The Kier molecular flexibility index (Phi) is 6.80. The molecule has 0 fully saturated rings. The summed E-state index contributed by atoms with van der Waals surface area (Å²) in [5.74, 6) is 1.45. The Morgan fingerprint density at radius 3 is 2.59 bits per heavy atom. The minimum atomic E-state index is -0.369. The average molecular weight is 451 g/mol. The summed E-state index contributed by atoms with van der Waals surface area (Å²) in [5, 5.41) is 4.51. The summed E-state index contributed by atoms with van der Waals surface area (Å²) in [7, 11) is 0. The lowest BCUT2D eigenvalue weighted by Crippen LogP contribution is -2.30. The topological polar surface area (TPSA) is 71.6 Å². The van der Waals surface area contributed by atoms with Gasteiger partial charge in [0, 0.05) is 6.42 Å². The second-order valence-electron chi connectivity index (χ2n) is 7.78. The number of amidine groups is 1. The van der Waals surface area contributed by atoms with Gasteiger partial charge in [-0.1, -0.05) is 61.1 Å². The summed E-state index contributed by atoms with van der Waals surface area (Å²) in [4.78, 5) is 23.6. The van der Waals surface area contributed by atoms with Crippen molar-refractivity contribution in [3.8, 4) is 0 Å². The molecule has 0 spiro atoms. The summed E-state index contributed by atoms with van der Waals surface area (Å²) >= 11 is 1.32. The molecule has 0 unspecified atom stereocenters. The Hall–Kier alpha value is -3.26. The third-order valence-electron chi connectivity index (χ3n) is 4.80. The van der Waals surface area contributed by atoms with Gasteiger partial charge in [0.2, 0.25) is 5.89 Å². The van der Waals surface area contributed by atoms with Crippen molar-refractivity contribution < 1.29 is 13.7 Å². The van der Waals surface area contributed by atoms with Crippen LogP contribution in [-0.2, 0) is 17.0 Å². The van der Waals surface area contributed by atoms with Gasteiger partial charge in [0.05, 0.1) is 11.4 Å². The molecule has 0 atom stereocenters. The predicted molar refractivity (Wildman–Crippen MR) is 124 cm³/mol. The first-order chi connectivity index (χ1) is 15.5. The molecule has 1 aliphatic heterocycles. The first-order valence-corrected chi connectivity index (χ1v) is 11.4. The van der Waals surface area contributed by atoms with Crippen molar-refractivity contribution >= 4 is 34.6 Å². The highest BCUT2D eigenvalue weighted by molar-refractivity contribution is 8.13. The number of hydrogen-bond acceptors (Lipinski definition) is 6. The molecule has 0 saturated carbocycles. The van der Waals surface area contributed by atoms with E-state index in [2.05, 4.69) is 29.0 Å². The maximum Gasteiger partial charge on any atom is 0.283 e. The van der Waals surface area contributed by atoms with E-state index in [0.29, 0.717) is 39.9 Å². The van der Waals surface area contributed by atoms with Crippen LogP contribution < -0.4 is 4.90 Å². The molecule has 6 nitrogen and oxygen atoms in total. The number of carbonyl (C=O) groups excluding carboxylic acids is 1. The van der Waals surface area contributed by atoms with Gasteiger partial charge >= 0.3 is 0 Å². The van der Waals surface area contributed by atoms with E-state index in [1.54, 1.807) is 18.2 Å². The van der Waals surface area contributed by atoms with E-state index in [-0.39, 0.29) is 11.7 Å². The zero-order valence-electron chi connectivity index (χ0n) is 17.9. The Morgan fingerprint density at radius 1 is 1.12 bits per heavy atom. The molecule has 2 aromatic carbocycles. The molecule has 0 radical (unpaired) electrons. The summed E-state index contributed by atoms with van der Waals surface area (Å²) in [6.45, 7) is 4.30. The molecule has 0 aliphatic carbocycles. The van der Waals surface area contributed by atoms with E-state index < -0.39 is 0 Å². The SMILES string of the molecule is CC(C)CCc1noc(CSC2=N/C(=C/c3ccccc3)C(=O)N2c2ccc(F)cc2)n1. The Labute approximate surface area is 190 Å². The largest absolute Gasteiger partial charge is 0.338 e. The molecule has 0 bridgehead atoms. The van der Waals surface area contributed by atoms with Crippen LogP contribution in [0.25, 0.3) is 6.08 Å². The van der Waals surface area contributed by atoms with E-state index >= 15 is 0 Å². The quantitative estimate of drug-likeness (QED) is 0.446. The van der Waals surface area contributed by atoms with E-state index in [4.69, 9.17) is 4.52 Å². The lowest BCUT2D eigenvalue weighted by molar-refractivity contribution is -0.113. The highest BCUT2D eigenvalue weighted by Crippen LogP contribution is 2.30. The van der Waals surface area contributed by atoms with Gasteiger partial charge in [0.1, 0.15) is 11.5 Å². The Balaban J connectivity index is 1.56. The zero-order valence-corrected chi connectivity index (χ0v) is 18.7. The molecular weight excluding hydrogens is 427 g/mol. The number of anilines is 1. The van der Waals surface area contributed by atoms with Crippen molar-refractivity contribution in [3.05, 3.63) is 83.4 Å². The van der Waals surface area contributed by atoms with Crippen LogP contribution in [0, 0.1) is 11.7 Å². The van der Waals surface area contributed by atoms with E-state index in [9.17, 15) is 9.18 Å². The van der Waals surface area contributed by atoms with Crippen LogP contribution in [0.1, 0.15) is 37.5 Å². The van der Waals surface area contributed by atoms with Gasteiger partial charge in [-0.05, 0) is 48.2 Å². The molecule has 2 heterocycles. The van der Waals surface area contributed by atoms with Crippen LogP contribution in [0.2, 0.25) is 0 Å². The number of hydrogen-bond donors (Lipinski definition) is 0. The third kappa shape index (κ3) is 5.31. The van der Waals surface area contributed by atoms with Crippen molar-refractivity contribution in [2.75, 3.05) is 4.90 Å². The van der Waals surface area contributed by atoms with Crippen LogP contribution in [0.4, 0.5) is 10.1 Å². The van der Waals surface area contributed by atoms with Crippen LogP contribution >= 0.6 is 11.8 Å². The molecule has 1 aromatic heterocycles. The minimum absolute atomic E-state index is 0.272. The van der Waals surface area contributed by atoms with Gasteiger partial charge in [0.15, 0.2) is 11.0 Å². The lowest BCUT2D eigenvalue weighted by Gasteiger charge is -2.17. The monoisotopic (exact) mass is 450 g/mol. The minimum Gasteiger partial charge on any atom is -0.338 e. The van der Waals surface area contributed by atoms with Crippen molar-refractivity contribution in [1.82, 2.24) is 10.1 Å². The van der Waals surface area contributed by atoms with E-state index in [1.165, 1.54) is 28.8 Å². The fourth-order valence-electron chi connectivity index (χ4n) is 3.11. The average Bonchev–Trinajstić information content (AvgIpc) is 3.37. The molecule has 1 aliphatic rings. The predicted octanol–water partition coefficient (Wildman–Crippen LogP) is 5.47. The summed E-state index contributed by atoms with van der Waals surface area (Å²) in [6, 6.07) is 15.3. The number of aliphatic imine (C=N–C) groups is 1. The number of aryl methyl sites for hydroxylation is 1. The number of benzene rings is 2. The third-order valence-corrected chi connectivity index (χ3v) is 5.72. The number of nitrogens with zero attached hydrogens (tertiary/aromatic N) is 4. The molecule has 8 heteroatoms. The number of rotatable bonds is 7. The highest BCUT2D eigenvalue weighted by Gasteiger charge is 2.32. The zero-order chi connectivity index (χ0) is 22.5. The molecule has 4 rings (SSSR count). The van der Waals surface area contributed by atoms with E-state index in [0.717, 1.165) is 18.4 Å². The van der Waals surface area contributed by atoms with Crippen molar-refractivity contribution in [1.29, 1.82) is 0 Å². The first-order valence-electron chi connectivity index (χ1n) is 10.4. The van der Waals surface area contributed by atoms with Gasteiger partial charge in [-0.3, -0.25) is 9.69 Å². The van der Waals surface area contributed by atoms with E-state index in [1.807, 2.05) is 30.3 Å². The number of thioether (sulfide) groups is 1. The number of amides is 1. The van der Waals surface area contributed by atoms with Gasteiger partial charge in [-0.2, -0.15) is 4.98 Å². The molecule has 0 N–H and O–H groups in total. The summed E-state index contributed by atoms with van der Waals surface area (Å²) in [6.07, 6.45) is 3.49. The second kappa shape index (κ2) is 9.91. The smallest absolute Gasteiger partial charge is 0.283 e. The van der Waals surface area contributed by atoms with Gasteiger partial charge in [0.25, 0.3) is 5.91 Å². The summed E-state index contributed by atoms with van der Waals surface area (Å²) < 4.78 is 18.8. The van der Waals surface area contributed by atoms with Crippen LogP contribution in [0.3, 0.4) is 0 Å². The number of halogens is 1. The van der Waals surface area contributed by atoms with Gasteiger partial charge in [-0.15, -0.1) is 0 Å². The van der Waals surface area contributed by atoms with Crippen molar-refractivity contribution in [3.63, 3.8) is 0 Å². The number of aromatic nitrogens is 2. The Bertz CT molecular complexity index is 1140. The molecule has 3 aromatic rings. The van der Waals surface area contributed by atoms with Gasteiger partial charge in [-0.25, -0.2) is 9.38 Å². The maximum absolute atomic E-state index is 13.4. The first kappa shape index (κ1) is 22.0. The standard InChI is InChI=1S/C24H23FN4O2S/c1-16(2)8-13-21-27-22(31-28-21)15-32-24-26-20(14-17-6-4-3-5-7-17)23(30)29(24)19-11-9-18(25)10-12-19/h3-7,9-12,14,16H,8,13,15H2,1-2H3/b20-14+. The second-order valence-corrected chi connectivity index (χ2v) is 8.72. The number of carbonyl (C=O) groups is 1. The van der Waals surface area contributed by atoms with Crippen LogP contribution in [-0.4, -0.2) is 21.2 Å². The molecule has 32 heavy (non-hydrogen) atoms. The molecule has 1 amide bonds. The normalized spacial score (nSPS) is 15.1.